The van der Waals surface area contributed by atoms with Crippen molar-refractivity contribution >= 4 is 17.2 Å². The van der Waals surface area contributed by atoms with E-state index in [9.17, 15) is 13.6 Å². The number of benzene rings is 3. The predicted octanol–water partition coefficient (Wildman–Crippen LogP) is 6.27. The lowest BCUT2D eigenvalue weighted by molar-refractivity contribution is 0.0376. The number of anilines is 1. The summed E-state index contributed by atoms with van der Waals surface area (Å²) in [6, 6.07) is 16.7. The quantitative estimate of drug-likeness (QED) is 0.545. The van der Waals surface area contributed by atoms with Crippen molar-refractivity contribution in [1.29, 1.82) is 0 Å². The molecule has 0 saturated heterocycles. The Bertz CT molecular complexity index is 1190. The zero-order valence-corrected chi connectivity index (χ0v) is 17.0. The van der Waals surface area contributed by atoms with Gasteiger partial charge in [-0.1, -0.05) is 30.3 Å². The van der Waals surface area contributed by atoms with E-state index in [-0.39, 0.29) is 5.60 Å². The van der Waals surface area contributed by atoms with Gasteiger partial charge in [-0.3, -0.25) is 4.79 Å². The number of ether oxygens (including phenoxy) is 1. The van der Waals surface area contributed by atoms with Crippen molar-refractivity contribution in [2.45, 2.75) is 31.8 Å². The van der Waals surface area contributed by atoms with Crippen molar-refractivity contribution in [2.75, 3.05) is 5.32 Å². The molecule has 1 fully saturated rings. The Morgan fingerprint density at radius 2 is 1.65 bits per heavy atom. The van der Waals surface area contributed by atoms with Crippen LogP contribution in [0.25, 0.3) is 5.57 Å². The van der Waals surface area contributed by atoms with E-state index >= 15 is 0 Å². The van der Waals surface area contributed by atoms with Gasteiger partial charge < -0.3 is 10.1 Å². The molecule has 156 valence electrons. The highest BCUT2D eigenvalue weighted by atomic mass is 19.1. The maximum atomic E-state index is 13.9. The first-order valence-electron chi connectivity index (χ1n) is 10.3. The van der Waals surface area contributed by atoms with Crippen LogP contribution in [-0.2, 0) is 0 Å². The maximum absolute atomic E-state index is 13.9. The molecule has 0 aromatic heterocycles. The Morgan fingerprint density at radius 3 is 2.29 bits per heavy atom. The molecule has 3 nitrogen and oxygen atoms in total. The molecule has 31 heavy (non-hydrogen) atoms. The van der Waals surface area contributed by atoms with Crippen LogP contribution in [0.2, 0.25) is 0 Å². The van der Waals surface area contributed by atoms with Gasteiger partial charge in [-0.2, -0.15) is 0 Å². The summed E-state index contributed by atoms with van der Waals surface area (Å²) in [5.41, 5.74) is 3.95. The summed E-state index contributed by atoms with van der Waals surface area (Å²) in [5.74, 6) is -1.70. The van der Waals surface area contributed by atoms with Crippen LogP contribution in [-0.4, -0.2) is 11.5 Å². The Labute approximate surface area is 179 Å². The van der Waals surface area contributed by atoms with E-state index in [0.29, 0.717) is 5.69 Å². The number of halogens is 2. The molecule has 1 saturated carbocycles. The van der Waals surface area contributed by atoms with Crippen molar-refractivity contribution < 1.29 is 18.3 Å². The Morgan fingerprint density at radius 1 is 0.968 bits per heavy atom. The van der Waals surface area contributed by atoms with Crippen LogP contribution in [0, 0.1) is 18.6 Å². The summed E-state index contributed by atoms with van der Waals surface area (Å²) >= 11 is 0. The highest BCUT2D eigenvalue weighted by Gasteiger charge is 2.41. The Hall–Kier alpha value is -3.47. The molecular formula is C26H21F2NO2. The van der Waals surface area contributed by atoms with Gasteiger partial charge in [0.2, 0.25) is 0 Å². The van der Waals surface area contributed by atoms with Crippen molar-refractivity contribution in [3.63, 3.8) is 0 Å². The molecular weight excluding hydrogens is 396 g/mol. The molecule has 3 aromatic carbocycles. The number of carbonyl (C=O) groups is 1. The first-order chi connectivity index (χ1) is 15.0. The van der Waals surface area contributed by atoms with Gasteiger partial charge in [0, 0.05) is 11.3 Å². The van der Waals surface area contributed by atoms with Crippen LogP contribution in [0.3, 0.4) is 0 Å². The molecule has 1 N–H and O–H groups in total. The van der Waals surface area contributed by atoms with E-state index < -0.39 is 23.1 Å². The van der Waals surface area contributed by atoms with E-state index in [2.05, 4.69) is 24.4 Å². The number of nitrogens with one attached hydrogen (secondary N) is 1. The van der Waals surface area contributed by atoms with Gasteiger partial charge in [0.15, 0.2) is 0 Å². The van der Waals surface area contributed by atoms with E-state index in [1.807, 2.05) is 24.3 Å². The van der Waals surface area contributed by atoms with Crippen LogP contribution in [0.5, 0.6) is 5.75 Å². The summed E-state index contributed by atoms with van der Waals surface area (Å²) in [5, 5.41) is 2.58. The second-order valence-electron chi connectivity index (χ2n) is 8.15. The summed E-state index contributed by atoms with van der Waals surface area (Å²) in [7, 11) is 0. The molecule has 0 bridgehead atoms. The van der Waals surface area contributed by atoms with Crippen molar-refractivity contribution in [3.05, 3.63) is 101 Å². The van der Waals surface area contributed by atoms with Crippen LogP contribution >= 0.6 is 0 Å². The number of rotatable bonds is 3. The van der Waals surface area contributed by atoms with E-state index in [0.717, 1.165) is 59.4 Å². The van der Waals surface area contributed by atoms with Crippen LogP contribution in [0.4, 0.5) is 14.5 Å². The van der Waals surface area contributed by atoms with Gasteiger partial charge in [0.1, 0.15) is 28.5 Å². The predicted molar refractivity (Wildman–Crippen MR) is 116 cm³/mol. The molecule has 1 aliphatic carbocycles. The number of fused-ring (bicyclic) bond motifs is 1. The molecule has 1 amide bonds. The monoisotopic (exact) mass is 417 g/mol. The molecule has 2 aliphatic rings. The van der Waals surface area contributed by atoms with Gasteiger partial charge in [0.25, 0.3) is 5.91 Å². The average Bonchev–Trinajstić information content (AvgIpc) is 2.72. The summed E-state index contributed by atoms with van der Waals surface area (Å²) < 4.78 is 34.1. The number of amides is 1. The fourth-order valence-corrected chi connectivity index (χ4v) is 4.30. The number of hydrogen-bond donors (Lipinski definition) is 1. The minimum absolute atomic E-state index is 0.245. The summed E-state index contributed by atoms with van der Waals surface area (Å²) in [4.78, 5) is 12.4. The lowest BCUT2D eigenvalue weighted by Gasteiger charge is -2.43. The third kappa shape index (κ3) is 3.40. The minimum atomic E-state index is -0.889. The first kappa shape index (κ1) is 19.5. The van der Waals surface area contributed by atoms with E-state index in [1.54, 1.807) is 12.1 Å². The van der Waals surface area contributed by atoms with Gasteiger partial charge in [-0.05, 0) is 79.3 Å². The minimum Gasteiger partial charge on any atom is -0.483 e. The number of aryl methyl sites for hydroxylation is 1. The standard InChI is InChI=1S/C26H21F2NO2/c1-16-5-2-8-22-23(16)19(15-26(31-22)13-4-14-26)17-9-11-18(12-10-17)29-25(30)24-20(27)6-3-7-21(24)28/h2-3,5-12,15H,4,13-14H2,1H3,(H,29,30). The highest BCUT2D eigenvalue weighted by Crippen LogP contribution is 2.48. The second kappa shape index (κ2) is 7.34. The molecule has 0 atom stereocenters. The molecule has 5 rings (SSSR count). The maximum Gasteiger partial charge on any atom is 0.261 e. The molecule has 1 aliphatic heterocycles. The highest BCUT2D eigenvalue weighted by molar-refractivity contribution is 6.04. The molecule has 3 aromatic rings. The molecule has 0 radical (unpaired) electrons. The van der Waals surface area contributed by atoms with Crippen LogP contribution in [0.15, 0.2) is 66.7 Å². The molecule has 1 heterocycles. The fraction of sp³-hybridized carbons (Fsp3) is 0.192. The Kier molecular flexibility index (Phi) is 4.62. The third-order valence-electron chi connectivity index (χ3n) is 6.07. The zero-order valence-electron chi connectivity index (χ0n) is 17.0. The molecule has 0 unspecified atom stereocenters. The van der Waals surface area contributed by atoms with Gasteiger partial charge in [-0.25, -0.2) is 8.78 Å². The van der Waals surface area contributed by atoms with Crippen molar-refractivity contribution in [3.8, 4) is 5.75 Å². The van der Waals surface area contributed by atoms with Crippen molar-refractivity contribution in [1.82, 2.24) is 0 Å². The fourth-order valence-electron chi connectivity index (χ4n) is 4.30. The summed E-state index contributed by atoms with van der Waals surface area (Å²) in [6.45, 7) is 2.06. The normalized spacial score (nSPS) is 16.0. The second-order valence-corrected chi connectivity index (χ2v) is 8.15. The average molecular weight is 417 g/mol. The lowest BCUT2D eigenvalue weighted by Crippen LogP contribution is -2.43. The van der Waals surface area contributed by atoms with Crippen LogP contribution in [0.1, 0.15) is 46.3 Å². The Balaban J connectivity index is 1.46. The topological polar surface area (TPSA) is 38.3 Å². The number of hydrogen-bond acceptors (Lipinski definition) is 2. The van der Waals surface area contributed by atoms with Crippen LogP contribution < -0.4 is 10.1 Å². The van der Waals surface area contributed by atoms with Gasteiger partial charge in [0.05, 0.1) is 0 Å². The van der Waals surface area contributed by atoms with E-state index in [1.165, 1.54) is 6.07 Å². The third-order valence-corrected chi connectivity index (χ3v) is 6.07. The molecule has 5 heteroatoms. The smallest absolute Gasteiger partial charge is 0.261 e. The largest absolute Gasteiger partial charge is 0.483 e. The van der Waals surface area contributed by atoms with Gasteiger partial charge >= 0.3 is 0 Å². The van der Waals surface area contributed by atoms with E-state index in [4.69, 9.17) is 4.74 Å². The number of carbonyl (C=O) groups excluding carboxylic acids is 1. The summed E-state index contributed by atoms with van der Waals surface area (Å²) in [6.07, 6.45) is 5.34. The lowest BCUT2D eigenvalue weighted by atomic mass is 9.75. The first-order valence-corrected chi connectivity index (χ1v) is 10.3. The SMILES string of the molecule is Cc1cccc2c1C(c1ccc(NC(=O)c3c(F)cccc3F)cc1)=CC1(CCC1)O2. The van der Waals surface area contributed by atoms with Gasteiger partial charge in [-0.15, -0.1) is 0 Å². The molecule has 1 spiro atoms. The zero-order chi connectivity index (χ0) is 21.6. The van der Waals surface area contributed by atoms with Crippen molar-refractivity contribution in [2.24, 2.45) is 0 Å².